The molecule has 1 amide bonds. The van der Waals surface area contributed by atoms with Crippen molar-refractivity contribution in [3.05, 3.63) is 46.6 Å². The summed E-state index contributed by atoms with van der Waals surface area (Å²) in [5.41, 5.74) is 2.65. The molecular formula is C12H11ClN2OS. The van der Waals surface area contributed by atoms with E-state index in [1.807, 2.05) is 30.3 Å². The molecule has 0 spiro atoms. The van der Waals surface area contributed by atoms with Crippen LogP contribution in [-0.2, 0) is 4.79 Å². The second kappa shape index (κ2) is 5.38. The third-order valence-corrected chi connectivity index (χ3v) is 2.85. The summed E-state index contributed by atoms with van der Waals surface area (Å²) in [5.74, 6) is 0.0558. The van der Waals surface area contributed by atoms with E-state index in [1.54, 1.807) is 0 Å². The van der Waals surface area contributed by atoms with Crippen LogP contribution in [0.1, 0.15) is 5.56 Å². The summed E-state index contributed by atoms with van der Waals surface area (Å²) in [6.07, 6.45) is 1.87. The third kappa shape index (κ3) is 3.11. The fourth-order valence-electron chi connectivity index (χ4n) is 1.52. The number of hydrogen-bond acceptors (Lipinski definition) is 3. The lowest BCUT2D eigenvalue weighted by Crippen LogP contribution is -2.24. The van der Waals surface area contributed by atoms with Crippen LogP contribution in [0, 0.1) is 0 Å². The molecule has 0 radical (unpaired) electrons. The van der Waals surface area contributed by atoms with Crippen molar-refractivity contribution in [2.75, 3.05) is 12.3 Å². The first-order valence-corrected chi connectivity index (χ1v) is 6.12. The number of hydrogen-bond donors (Lipinski definition) is 2. The quantitative estimate of drug-likeness (QED) is 0.808. The largest absolute Gasteiger partial charge is 0.327 e. The summed E-state index contributed by atoms with van der Waals surface area (Å²) >= 11 is 9.71. The van der Waals surface area contributed by atoms with E-state index < -0.39 is 0 Å². The molecule has 1 aliphatic rings. The Hall–Kier alpha value is -1.26. The van der Waals surface area contributed by atoms with Crippen LogP contribution in [0.25, 0.3) is 0 Å². The van der Waals surface area contributed by atoms with E-state index in [0.717, 1.165) is 17.0 Å². The van der Waals surface area contributed by atoms with E-state index in [1.165, 1.54) is 0 Å². The molecule has 1 aromatic carbocycles. The second-order valence-corrected chi connectivity index (χ2v) is 4.34. The first-order valence-electron chi connectivity index (χ1n) is 5.10. The molecule has 1 aliphatic heterocycles. The Bertz CT molecular complexity index is 494. The van der Waals surface area contributed by atoms with E-state index in [2.05, 4.69) is 22.9 Å². The number of benzene rings is 1. The van der Waals surface area contributed by atoms with Gasteiger partial charge in [0.2, 0.25) is 5.91 Å². The van der Waals surface area contributed by atoms with Gasteiger partial charge in [0.05, 0.1) is 18.0 Å². The fourth-order valence-corrected chi connectivity index (χ4v) is 1.72. The van der Waals surface area contributed by atoms with Gasteiger partial charge >= 0.3 is 0 Å². The Kier molecular flexibility index (Phi) is 3.86. The number of carbonyl (C=O) groups is 1. The molecule has 0 unspecified atom stereocenters. The minimum Gasteiger partial charge on any atom is -0.327 e. The topological polar surface area (TPSA) is 41.5 Å². The SMILES string of the molecule is O=C(CS)NC1=CC(c2ccc(Cl)cc2)=NC1. The summed E-state index contributed by atoms with van der Waals surface area (Å²) in [6.45, 7) is 0.497. The minimum atomic E-state index is -0.118. The van der Waals surface area contributed by atoms with Crippen LogP contribution < -0.4 is 5.32 Å². The lowest BCUT2D eigenvalue weighted by atomic mass is 10.1. The molecule has 2 rings (SSSR count). The number of rotatable bonds is 3. The molecule has 88 valence electrons. The van der Waals surface area contributed by atoms with Crippen molar-refractivity contribution >= 4 is 35.8 Å². The molecular weight excluding hydrogens is 256 g/mol. The molecule has 0 aromatic heterocycles. The molecule has 17 heavy (non-hydrogen) atoms. The number of amides is 1. The zero-order valence-electron chi connectivity index (χ0n) is 8.98. The van der Waals surface area contributed by atoms with Gasteiger partial charge in [0.25, 0.3) is 0 Å². The predicted octanol–water partition coefficient (Wildman–Crippen LogP) is 2.07. The first-order chi connectivity index (χ1) is 8.19. The predicted molar refractivity (Wildman–Crippen MR) is 72.9 cm³/mol. The highest BCUT2D eigenvalue weighted by Crippen LogP contribution is 2.14. The Morgan fingerprint density at radius 2 is 2.12 bits per heavy atom. The van der Waals surface area contributed by atoms with Crippen molar-refractivity contribution in [1.82, 2.24) is 5.32 Å². The number of nitrogens with zero attached hydrogens (tertiary/aromatic N) is 1. The second-order valence-electron chi connectivity index (χ2n) is 3.58. The van der Waals surface area contributed by atoms with Crippen molar-refractivity contribution in [3.8, 4) is 0 Å². The summed E-state index contributed by atoms with van der Waals surface area (Å²) in [6, 6.07) is 7.44. The average Bonchev–Trinajstić information content (AvgIpc) is 2.78. The standard InChI is InChI=1S/C12H11ClN2OS/c13-9-3-1-8(2-4-9)11-5-10(6-14-11)15-12(16)7-17/h1-5,17H,6-7H2,(H,15,16). The molecule has 3 nitrogen and oxygen atoms in total. The number of carbonyl (C=O) groups excluding carboxylic acids is 1. The van der Waals surface area contributed by atoms with Gasteiger partial charge in [0, 0.05) is 10.7 Å². The first kappa shape index (κ1) is 12.2. The highest BCUT2D eigenvalue weighted by Gasteiger charge is 2.11. The molecule has 0 fully saturated rings. The van der Waals surface area contributed by atoms with Crippen LogP contribution in [0.3, 0.4) is 0 Å². The number of thiol groups is 1. The van der Waals surface area contributed by atoms with E-state index in [9.17, 15) is 4.79 Å². The molecule has 5 heteroatoms. The highest BCUT2D eigenvalue weighted by atomic mass is 35.5. The molecule has 1 N–H and O–H groups in total. The smallest absolute Gasteiger partial charge is 0.233 e. The molecule has 1 aromatic rings. The van der Waals surface area contributed by atoms with Gasteiger partial charge < -0.3 is 5.32 Å². The summed E-state index contributed by atoms with van der Waals surface area (Å²) < 4.78 is 0. The molecule has 0 aliphatic carbocycles. The van der Waals surface area contributed by atoms with Gasteiger partial charge in [0.15, 0.2) is 0 Å². The van der Waals surface area contributed by atoms with E-state index in [0.29, 0.717) is 11.6 Å². The maximum atomic E-state index is 11.2. The van der Waals surface area contributed by atoms with Gasteiger partial charge in [-0.1, -0.05) is 23.7 Å². The lowest BCUT2D eigenvalue weighted by molar-refractivity contribution is -0.117. The van der Waals surface area contributed by atoms with Gasteiger partial charge in [0.1, 0.15) is 0 Å². The summed E-state index contributed by atoms with van der Waals surface area (Å²) in [5, 5.41) is 3.44. The minimum absolute atomic E-state index is 0.118. The number of nitrogens with one attached hydrogen (secondary N) is 1. The molecule has 0 atom stereocenters. The Morgan fingerprint density at radius 1 is 1.41 bits per heavy atom. The zero-order valence-corrected chi connectivity index (χ0v) is 10.6. The lowest BCUT2D eigenvalue weighted by Gasteiger charge is -2.01. The molecule has 1 heterocycles. The van der Waals surface area contributed by atoms with Crippen LogP contribution in [0.2, 0.25) is 5.02 Å². The molecule has 0 saturated carbocycles. The number of aliphatic imine (C=N–C) groups is 1. The van der Waals surface area contributed by atoms with Crippen molar-refractivity contribution in [1.29, 1.82) is 0 Å². The van der Waals surface area contributed by atoms with Gasteiger partial charge in [-0.3, -0.25) is 9.79 Å². The van der Waals surface area contributed by atoms with Crippen molar-refractivity contribution < 1.29 is 4.79 Å². The van der Waals surface area contributed by atoms with Gasteiger partial charge in [-0.05, 0) is 23.8 Å². The van der Waals surface area contributed by atoms with Crippen LogP contribution >= 0.6 is 24.2 Å². The van der Waals surface area contributed by atoms with Crippen LogP contribution in [0.5, 0.6) is 0 Å². The van der Waals surface area contributed by atoms with Crippen LogP contribution in [-0.4, -0.2) is 23.9 Å². The maximum absolute atomic E-state index is 11.2. The monoisotopic (exact) mass is 266 g/mol. The van der Waals surface area contributed by atoms with Gasteiger partial charge in [-0.2, -0.15) is 12.6 Å². The Labute approximate surface area is 110 Å². The van der Waals surface area contributed by atoms with Crippen LogP contribution in [0.15, 0.2) is 41.0 Å². The van der Waals surface area contributed by atoms with E-state index in [4.69, 9.17) is 11.6 Å². The summed E-state index contributed by atoms with van der Waals surface area (Å²) in [7, 11) is 0. The zero-order chi connectivity index (χ0) is 12.3. The van der Waals surface area contributed by atoms with Crippen molar-refractivity contribution in [2.45, 2.75) is 0 Å². The summed E-state index contributed by atoms with van der Waals surface area (Å²) in [4.78, 5) is 15.5. The highest BCUT2D eigenvalue weighted by molar-refractivity contribution is 7.81. The Morgan fingerprint density at radius 3 is 2.76 bits per heavy atom. The fraction of sp³-hybridized carbons (Fsp3) is 0.167. The number of allylic oxidation sites excluding steroid dienone is 1. The maximum Gasteiger partial charge on any atom is 0.233 e. The van der Waals surface area contributed by atoms with Crippen molar-refractivity contribution in [3.63, 3.8) is 0 Å². The van der Waals surface area contributed by atoms with Crippen molar-refractivity contribution in [2.24, 2.45) is 4.99 Å². The van der Waals surface area contributed by atoms with Gasteiger partial charge in [-0.25, -0.2) is 0 Å². The molecule has 0 bridgehead atoms. The van der Waals surface area contributed by atoms with E-state index >= 15 is 0 Å². The van der Waals surface area contributed by atoms with E-state index in [-0.39, 0.29) is 11.7 Å². The van der Waals surface area contributed by atoms with Crippen LogP contribution in [0.4, 0.5) is 0 Å². The average molecular weight is 267 g/mol. The van der Waals surface area contributed by atoms with Gasteiger partial charge in [-0.15, -0.1) is 0 Å². The third-order valence-electron chi connectivity index (χ3n) is 2.31. The normalized spacial score (nSPS) is 14.2. The Balaban J connectivity index is 2.09. The molecule has 0 saturated heterocycles. The number of halogens is 1.